The maximum Gasteiger partial charge on any atom is 0.128 e. The first kappa shape index (κ1) is 11.2. The van der Waals surface area contributed by atoms with Crippen molar-refractivity contribution in [2.24, 2.45) is 5.92 Å². The van der Waals surface area contributed by atoms with Crippen LogP contribution in [0.3, 0.4) is 0 Å². The van der Waals surface area contributed by atoms with Crippen LogP contribution in [0.15, 0.2) is 18.2 Å². The van der Waals surface area contributed by atoms with Crippen molar-refractivity contribution in [2.45, 2.75) is 45.1 Å². The molecule has 1 aliphatic carbocycles. The summed E-state index contributed by atoms with van der Waals surface area (Å²) in [5.41, 5.74) is 5.66. The van der Waals surface area contributed by atoms with Gasteiger partial charge in [0.2, 0.25) is 0 Å². The average Bonchev–Trinajstić information content (AvgIpc) is 2.30. The molecule has 0 spiro atoms. The molecule has 0 amide bonds. The fourth-order valence-electron chi connectivity index (χ4n) is 2.52. The van der Waals surface area contributed by atoms with Gasteiger partial charge in [0.25, 0.3) is 0 Å². The summed E-state index contributed by atoms with van der Waals surface area (Å²) in [6.07, 6.45) is 6.84. The minimum Gasteiger partial charge on any atom is -0.384 e. The number of hydrogen-bond donors (Lipinski definition) is 2. The molecule has 1 aliphatic rings. The van der Waals surface area contributed by atoms with Crippen molar-refractivity contribution in [1.29, 1.82) is 0 Å². The third kappa shape index (κ3) is 2.87. The molecule has 1 fully saturated rings. The fraction of sp³-hybridized carbons (Fsp3) is 0.615. The van der Waals surface area contributed by atoms with Crippen molar-refractivity contribution in [3.63, 3.8) is 0 Å². The Bertz CT molecular complexity index is 332. The van der Waals surface area contributed by atoms with Crippen molar-refractivity contribution in [2.75, 3.05) is 11.1 Å². The number of pyridine rings is 1. The molecule has 0 saturated heterocycles. The molecule has 1 aromatic rings. The Morgan fingerprint density at radius 3 is 2.75 bits per heavy atom. The first-order valence-electron chi connectivity index (χ1n) is 6.25. The number of hydrogen-bond acceptors (Lipinski definition) is 3. The molecule has 3 N–H and O–H groups in total. The van der Waals surface area contributed by atoms with Gasteiger partial charge >= 0.3 is 0 Å². The predicted octanol–water partition coefficient (Wildman–Crippen LogP) is 3.04. The number of aromatic nitrogens is 1. The van der Waals surface area contributed by atoms with E-state index in [1.807, 2.05) is 18.2 Å². The first-order chi connectivity index (χ1) is 7.75. The normalized spacial score (nSPS) is 19.3. The van der Waals surface area contributed by atoms with E-state index in [4.69, 9.17) is 5.73 Å². The highest BCUT2D eigenvalue weighted by Gasteiger charge is 2.19. The van der Waals surface area contributed by atoms with E-state index in [1.54, 1.807) is 0 Å². The lowest BCUT2D eigenvalue weighted by molar-refractivity contribution is 0.328. The summed E-state index contributed by atoms with van der Waals surface area (Å²) >= 11 is 0. The Morgan fingerprint density at radius 1 is 1.31 bits per heavy atom. The Kier molecular flexibility index (Phi) is 3.65. The lowest BCUT2D eigenvalue weighted by Crippen LogP contribution is -2.28. The second-order valence-corrected chi connectivity index (χ2v) is 4.78. The SMILES string of the molecule is CC(Nc1cccc(N)n1)C1CCCCC1. The molecule has 0 bridgehead atoms. The van der Waals surface area contributed by atoms with Gasteiger partial charge in [0, 0.05) is 6.04 Å². The molecule has 16 heavy (non-hydrogen) atoms. The second-order valence-electron chi connectivity index (χ2n) is 4.78. The molecule has 3 nitrogen and oxygen atoms in total. The van der Waals surface area contributed by atoms with Crippen molar-refractivity contribution < 1.29 is 0 Å². The lowest BCUT2D eigenvalue weighted by Gasteiger charge is -2.28. The van der Waals surface area contributed by atoms with Crippen molar-refractivity contribution in [3.8, 4) is 0 Å². The van der Waals surface area contributed by atoms with Gasteiger partial charge in [-0.05, 0) is 37.8 Å². The maximum atomic E-state index is 5.66. The van der Waals surface area contributed by atoms with Gasteiger partial charge in [0.1, 0.15) is 11.6 Å². The molecule has 1 aromatic heterocycles. The van der Waals surface area contributed by atoms with Crippen LogP contribution in [0, 0.1) is 5.92 Å². The highest BCUT2D eigenvalue weighted by Crippen LogP contribution is 2.27. The molecule has 1 atom stereocenters. The third-order valence-corrected chi connectivity index (χ3v) is 3.50. The molecule has 1 heterocycles. The highest BCUT2D eigenvalue weighted by atomic mass is 15.0. The minimum atomic E-state index is 0.495. The van der Waals surface area contributed by atoms with E-state index in [2.05, 4.69) is 17.2 Å². The maximum absolute atomic E-state index is 5.66. The molecule has 0 radical (unpaired) electrons. The van der Waals surface area contributed by atoms with Crippen LogP contribution in [0.2, 0.25) is 0 Å². The van der Waals surface area contributed by atoms with E-state index in [0.29, 0.717) is 11.9 Å². The largest absolute Gasteiger partial charge is 0.384 e. The molecule has 1 saturated carbocycles. The number of rotatable bonds is 3. The Balaban J connectivity index is 1.93. The predicted molar refractivity (Wildman–Crippen MR) is 68.3 cm³/mol. The number of nitrogens with one attached hydrogen (secondary N) is 1. The standard InChI is InChI=1S/C13H21N3/c1-10(11-6-3-2-4-7-11)15-13-9-5-8-12(14)16-13/h5,8-11H,2-4,6-7H2,1H3,(H3,14,15,16). The molecule has 1 unspecified atom stereocenters. The van der Waals surface area contributed by atoms with Crippen LogP contribution in [0.25, 0.3) is 0 Å². The number of nitrogen functional groups attached to an aromatic ring is 1. The van der Waals surface area contributed by atoms with E-state index in [9.17, 15) is 0 Å². The Morgan fingerprint density at radius 2 is 2.06 bits per heavy atom. The summed E-state index contributed by atoms with van der Waals surface area (Å²) in [5.74, 6) is 2.27. The zero-order valence-electron chi connectivity index (χ0n) is 9.95. The summed E-state index contributed by atoms with van der Waals surface area (Å²) < 4.78 is 0. The van der Waals surface area contributed by atoms with Crippen LogP contribution >= 0.6 is 0 Å². The van der Waals surface area contributed by atoms with Crippen LogP contribution in [-0.2, 0) is 0 Å². The van der Waals surface area contributed by atoms with Gasteiger partial charge < -0.3 is 11.1 Å². The first-order valence-corrected chi connectivity index (χ1v) is 6.25. The molecular formula is C13H21N3. The second kappa shape index (κ2) is 5.19. The van der Waals surface area contributed by atoms with Crippen LogP contribution in [0.4, 0.5) is 11.6 Å². The third-order valence-electron chi connectivity index (χ3n) is 3.50. The fourth-order valence-corrected chi connectivity index (χ4v) is 2.52. The topological polar surface area (TPSA) is 50.9 Å². The molecule has 0 aromatic carbocycles. The van der Waals surface area contributed by atoms with E-state index < -0.39 is 0 Å². The van der Waals surface area contributed by atoms with Gasteiger partial charge in [-0.3, -0.25) is 0 Å². The zero-order chi connectivity index (χ0) is 11.4. The summed E-state index contributed by atoms with van der Waals surface area (Å²) in [5, 5.41) is 3.46. The van der Waals surface area contributed by atoms with Crippen molar-refractivity contribution in [1.82, 2.24) is 4.98 Å². The number of nitrogens with zero attached hydrogens (tertiary/aromatic N) is 1. The molecule has 0 aliphatic heterocycles. The van der Waals surface area contributed by atoms with E-state index in [-0.39, 0.29) is 0 Å². The van der Waals surface area contributed by atoms with Gasteiger partial charge in [0.05, 0.1) is 0 Å². The minimum absolute atomic E-state index is 0.495. The van der Waals surface area contributed by atoms with Gasteiger partial charge in [-0.1, -0.05) is 25.3 Å². The van der Waals surface area contributed by atoms with Gasteiger partial charge in [-0.25, -0.2) is 4.98 Å². The molecule has 88 valence electrons. The van der Waals surface area contributed by atoms with Crippen LogP contribution < -0.4 is 11.1 Å². The van der Waals surface area contributed by atoms with E-state index in [0.717, 1.165) is 11.7 Å². The van der Waals surface area contributed by atoms with Crippen LogP contribution in [0.1, 0.15) is 39.0 Å². The monoisotopic (exact) mass is 219 g/mol. The van der Waals surface area contributed by atoms with Gasteiger partial charge in [-0.2, -0.15) is 0 Å². The van der Waals surface area contributed by atoms with Crippen molar-refractivity contribution in [3.05, 3.63) is 18.2 Å². The Hall–Kier alpha value is -1.25. The number of nitrogens with two attached hydrogens (primary N) is 1. The molecular weight excluding hydrogens is 198 g/mol. The van der Waals surface area contributed by atoms with Crippen molar-refractivity contribution >= 4 is 11.6 Å². The van der Waals surface area contributed by atoms with E-state index in [1.165, 1.54) is 32.1 Å². The van der Waals surface area contributed by atoms with Gasteiger partial charge in [0.15, 0.2) is 0 Å². The quantitative estimate of drug-likeness (QED) is 0.821. The average molecular weight is 219 g/mol. The highest BCUT2D eigenvalue weighted by molar-refractivity contribution is 5.42. The summed E-state index contributed by atoms with van der Waals surface area (Å²) in [4.78, 5) is 4.27. The zero-order valence-corrected chi connectivity index (χ0v) is 9.95. The summed E-state index contributed by atoms with van der Waals surface area (Å²) in [7, 11) is 0. The molecule has 3 heteroatoms. The van der Waals surface area contributed by atoms with Crippen LogP contribution in [0.5, 0.6) is 0 Å². The molecule has 2 rings (SSSR count). The van der Waals surface area contributed by atoms with Gasteiger partial charge in [-0.15, -0.1) is 0 Å². The summed E-state index contributed by atoms with van der Waals surface area (Å²) in [6.45, 7) is 2.25. The smallest absolute Gasteiger partial charge is 0.128 e. The van der Waals surface area contributed by atoms with E-state index >= 15 is 0 Å². The van der Waals surface area contributed by atoms with Crippen LogP contribution in [-0.4, -0.2) is 11.0 Å². The Labute approximate surface area is 97.5 Å². The lowest BCUT2D eigenvalue weighted by atomic mass is 9.84. The summed E-state index contributed by atoms with van der Waals surface area (Å²) in [6, 6.07) is 6.24. The number of anilines is 2.